The first-order valence-corrected chi connectivity index (χ1v) is 8.45. The van der Waals surface area contributed by atoms with E-state index in [4.69, 9.17) is 21.1 Å². The van der Waals surface area contributed by atoms with Gasteiger partial charge in [0.2, 0.25) is 0 Å². The van der Waals surface area contributed by atoms with Crippen LogP contribution in [0.4, 0.5) is 0 Å². The van der Waals surface area contributed by atoms with Crippen LogP contribution >= 0.6 is 27.5 Å². The Hall–Kier alpha value is -0.410. The van der Waals surface area contributed by atoms with E-state index in [0.717, 1.165) is 46.2 Å². The summed E-state index contributed by atoms with van der Waals surface area (Å²) in [5, 5.41) is 0. The van der Waals surface area contributed by atoms with Crippen LogP contribution in [0.3, 0.4) is 0 Å². The third-order valence-corrected chi connectivity index (χ3v) is 4.76. The normalized spacial score (nSPS) is 26.4. The van der Waals surface area contributed by atoms with Crippen LogP contribution in [0.25, 0.3) is 0 Å². The van der Waals surface area contributed by atoms with Crippen molar-refractivity contribution >= 4 is 27.5 Å². The first kappa shape index (κ1) is 16.0. The minimum Gasteiger partial charge on any atom is -0.493 e. The summed E-state index contributed by atoms with van der Waals surface area (Å²) in [6.45, 7) is 4.60. The summed E-state index contributed by atoms with van der Waals surface area (Å²) in [5.41, 5.74) is 1.02. The first-order valence-electron chi connectivity index (χ1n) is 7.12. The summed E-state index contributed by atoms with van der Waals surface area (Å²) in [6.07, 6.45) is 3.78. The molecule has 0 spiro atoms. The maximum atomic E-state index is 6.23. The van der Waals surface area contributed by atoms with Crippen LogP contribution in [0, 0.1) is 11.8 Å². The van der Waals surface area contributed by atoms with Crippen molar-refractivity contribution in [2.45, 2.75) is 45.1 Å². The summed E-state index contributed by atoms with van der Waals surface area (Å²) in [5.74, 6) is 3.45. The fourth-order valence-electron chi connectivity index (χ4n) is 3.10. The highest BCUT2D eigenvalue weighted by Crippen LogP contribution is 2.40. The topological polar surface area (TPSA) is 18.5 Å². The first-order chi connectivity index (χ1) is 9.53. The van der Waals surface area contributed by atoms with Crippen molar-refractivity contribution in [3.05, 3.63) is 22.2 Å². The van der Waals surface area contributed by atoms with Crippen LogP contribution in [0.15, 0.2) is 16.6 Å². The molecule has 2 rings (SSSR count). The van der Waals surface area contributed by atoms with Gasteiger partial charge in [-0.25, -0.2) is 0 Å². The van der Waals surface area contributed by atoms with Crippen molar-refractivity contribution in [1.82, 2.24) is 0 Å². The molecule has 0 aromatic heterocycles. The van der Waals surface area contributed by atoms with Gasteiger partial charge in [0.1, 0.15) is 0 Å². The molecule has 1 aliphatic rings. The number of benzene rings is 1. The molecule has 0 N–H and O–H groups in total. The van der Waals surface area contributed by atoms with Gasteiger partial charge in [-0.2, -0.15) is 0 Å². The van der Waals surface area contributed by atoms with Gasteiger partial charge in [-0.15, -0.1) is 11.6 Å². The third-order valence-electron chi connectivity index (χ3n) is 3.86. The van der Waals surface area contributed by atoms with E-state index in [-0.39, 0.29) is 6.10 Å². The molecule has 0 amide bonds. The Morgan fingerprint density at radius 2 is 1.85 bits per heavy atom. The third kappa shape index (κ3) is 3.82. The van der Waals surface area contributed by atoms with E-state index < -0.39 is 0 Å². The molecule has 4 heteroatoms. The van der Waals surface area contributed by atoms with Crippen LogP contribution in [0.1, 0.15) is 38.7 Å². The molecular formula is C16H22BrClO2. The minimum atomic E-state index is 0.265. The van der Waals surface area contributed by atoms with Gasteiger partial charge in [-0.05, 0) is 64.7 Å². The molecule has 1 fully saturated rings. The van der Waals surface area contributed by atoms with Crippen molar-refractivity contribution in [1.29, 1.82) is 0 Å². The van der Waals surface area contributed by atoms with Crippen molar-refractivity contribution in [3.63, 3.8) is 0 Å². The minimum absolute atomic E-state index is 0.265. The molecule has 0 radical (unpaired) electrons. The van der Waals surface area contributed by atoms with Crippen LogP contribution in [-0.2, 0) is 5.88 Å². The quantitative estimate of drug-likeness (QED) is 0.668. The smallest absolute Gasteiger partial charge is 0.175 e. The summed E-state index contributed by atoms with van der Waals surface area (Å²) in [6, 6.07) is 3.95. The average Bonchev–Trinajstić information content (AvgIpc) is 2.39. The Bertz CT molecular complexity index is 454. The molecule has 0 heterocycles. The fourth-order valence-corrected chi connectivity index (χ4v) is 3.84. The lowest BCUT2D eigenvalue weighted by molar-refractivity contribution is 0.0972. The predicted octanol–water partition coefficient (Wildman–Crippen LogP) is 5.40. The Morgan fingerprint density at radius 1 is 1.20 bits per heavy atom. The van der Waals surface area contributed by atoms with Gasteiger partial charge in [0, 0.05) is 5.88 Å². The number of methoxy groups -OCH3 is 1. The van der Waals surface area contributed by atoms with Crippen LogP contribution in [0.2, 0.25) is 0 Å². The molecule has 0 saturated heterocycles. The molecule has 2 unspecified atom stereocenters. The van der Waals surface area contributed by atoms with Crippen molar-refractivity contribution in [2.75, 3.05) is 7.11 Å². The Balaban J connectivity index is 2.20. The van der Waals surface area contributed by atoms with Gasteiger partial charge in [-0.3, -0.25) is 0 Å². The van der Waals surface area contributed by atoms with Gasteiger partial charge in [0.25, 0.3) is 0 Å². The van der Waals surface area contributed by atoms with Crippen LogP contribution < -0.4 is 9.47 Å². The van der Waals surface area contributed by atoms with E-state index in [9.17, 15) is 0 Å². The van der Waals surface area contributed by atoms with Gasteiger partial charge >= 0.3 is 0 Å². The molecule has 1 aromatic carbocycles. The van der Waals surface area contributed by atoms with E-state index in [1.165, 1.54) is 6.42 Å². The zero-order chi connectivity index (χ0) is 14.7. The van der Waals surface area contributed by atoms with Gasteiger partial charge in [-0.1, -0.05) is 13.8 Å². The lowest BCUT2D eigenvalue weighted by Gasteiger charge is -2.32. The zero-order valence-corrected chi connectivity index (χ0v) is 14.6. The number of ether oxygens (including phenoxy) is 2. The average molecular weight is 362 g/mol. The van der Waals surface area contributed by atoms with Crippen LogP contribution in [0.5, 0.6) is 11.5 Å². The van der Waals surface area contributed by atoms with Crippen molar-refractivity contribution < 1.29 is 9.47 Å². The Kier molecular flexibility index (Phi) is 5.62. The second-order valence-corrected chi connectivity index (χ2v) is 7.02. The molecule has 0 bridgehead atoms. The Morgan fingerprint density at radius 3 is 2.40 bits per heavy atom. The number of rotatable bonds is 4. The zero-order valence-electron chi connectivity index (χ0n) is 12.3. The van der Waals surface area contributed by atoms with E-state index in [1.807, 2.05) is 12.1 Å². The van der Waals surface area contributed by atoms with E-state index in [0.29, 0.717) is 5.88 Å². The molecule has 1 aliphatic carbocycles. The molecule has 1 saturated carbocycles. The SMILES string of the molecule is COc1cc(CCl)cc(Br)c1OC1CC(C)CC(C)C1. The van der Waals surface area contributed by atoms with E-state index in [1.54, 1.807) is 7.11 Å². The van der Waals surface area contributed by atoms with Crippen molar-refractivity contribution in [3.8, 4) is 11.5 Å². The summed E-state index contributed by atoms with van der Waals surface area (Å²) < 4.78 is 12.6. The molecule has 0 aliphatic heterocycles. The molecule has 2 nitrogen and oxygen atoms in total. The number of alkyl halides is 1. The number of hydrogen-bond donors (Lipinski definition) is 0. The standard InChI is InChI=1S/C16H22BrClO2/c1-10-4-11(2)6-13(5-10)20-16-14(17)7-12(9-18)8-15(16)19-3/h7-8,10-11,13H,4-6,9H2,1-3H3. The second-order valence-electron chi connectivity index (χ2n) is 5.90. The van der Waals surface area contributed by atoms with E-state index >= 15 is 0 Å². The van der Waals surface area contributed by atoms with Gasteiger partial charge in [0.15, 0.2) is 11.5 Å². The maximum Gasteiger partial charge on any atom is 0.175 e. The Labute approximate surface area is 134 Å². The lowest BCUT2D eigenvalue weighted by atomic mass is 9.82. The lowest BCUT2D eigenvalue weighted by Crippen LogP contribution is -2.28. The number of hydrogen-bond acceptors (Lipinski definition) is 2. The largest absolute Gasteiger partial charge is 0.493 e. The second kappa shape index (κ2) is 7.04. The highest BCUT2D eigenvalue weighted by Gasteiger charge is 2.26. The highest BCUT2D eigenvalue weighted by molar-refractivity contribution is 9.10. The highest BCUT2D eigenvalue weighted by atomic mass is 79.9. The fraction of sp³-hybridized carbons (Fsp3) is 0.625. The molecule has 20 heavy (non-hydrogen) atoms. The predicted molar refractivity (Wildman–Crippen MR) is 86.8 cm³/mol. The molecular weight excluding hydrogens is 340 g/mol. The summed E-state index contributed by atoms with van der Waals surface area (Å²) >= 11 is 9.47. The van der Waals surface area contributed by atoms with E-state index in [2.05, 4.69) is 29.8 Å². The van der Waals surface area contributed by atoms with Crippen molar-refractivity contribution in [2.24, 2.45) is 11.8 Å². The molecule has 2 atom stereocenters. The maximum absolute atomic E-state index is 6.23. The van der Waals surface area contributed by atoms with Gasteiger partial charge in [0.05, 0.1) is 17.7 Å². The molecule has 1 aromatic rings. The summed E-state index contributed by atoms with van der Waals surface area (Å²) in [7, 11) is 1.67. The summed E-state index contributed by atoms with van der Waals surface area (Å²) in [4.78, 5) is 0. The van der Waals surface area contributed by atoms with Crippen LogP contribution in [-0.4, -0.2) is 13.2 Å². The number of halogens is 2. The van der Waals surface area contributed by atoms with Gasteiger partial charge < -0.3 is 9.47 Å². The molecule has 112 valence electrons. The monoisotopic (exact) mass is 360 g/mol.